The van der Waals surface area contributed by atoms with Crippen LogP contribution < -0.4 is 5.90 Å². The van der Waals surface area contributed by atoms with Gasteiger partial charge in [0.25, 0.3) is 0 Å². The third-order valence-corrected chi connectivity index (χ3v) is 1.82. The molecule has 1 fully saturated rings. The van der Waals surface area contributed by atoms with Crippen molar-refractivity contribution in [3.63, 3.8) is 0 Å². The minimum Gasteiger partial charge on any atom is -0.306 e. The molecule has 0 unspecified atom stereocenters. The predicted octanol–water partition coefficient (Wildman–Crippen LogP) is -0.172. The summed E-state index contributed by atoms with van der Waals surface area (Å²) in [5.41, 5.74) is 0. The second-order valence-electron chi connectivity index (χ2n) is 2.75. The number of hydrogen-bond donors (Lipinski definition) is 1. The molecule has 1 heterocycles. The van der Waals surface area contributed by atoms with E-state index in [0.29, 0.717) is 12.5 Å². The summed E-state index contributed by atoms with van der Waals surface area (Å²) in [6, 6.07) is 0. The topological polar surface area (TPSA) is 38.5 Å². The lowest BCUT2D eigenvalue weighted by molar-refractivity contribution is 0.104. The van der Waals surface area contributed by atoms with Crippen LogP contribution in [0.2, 0.25) is 0 Å². The zero-order valence-corrected chi connectivity index (χ0v) is 5.84. The van der Waals surface area contributed by atoms with Crippen molar-refractivity contribution in [1.29, 1.82) is 0 Å². The van der Waals surface area contributed by atoms with Gasteiger partial charge in [-0.25, -0.2) is 5.90 Å². The third kappa shape index (κ3) is 1.93. The molecule has 1 aliphatic heterocycles. The minimum absolute atomic E-state index is 0.667. The van der Waals surface area contributed by atoms with E-state index < -0.39 is 0 Å². The number of rotatable bonds is 2. The number of likely N-dealkylation sites (tertiary alicyclic amines) is 1. The van der Waals surface area contributed by atoms with Crippen molar-refractivity contribution in [2.24, 2.45) is 11.8 Å². The van der Waals surface area contributed by atoms with Crippen LogP contribution in [0.4, 0.5) is 0 Å². The Morgan fingerprint density at radius 3 is 3.00 bits per heavy atom. The molecule has 0 saturated carbocycles. The second kappa shape index (κ2) is 3.15. The molecule has 0 aromatic rings. The summed E-state index contributed by atoms with van der Waals surface area (Å²) in [5.74, 6) is 5.60. The lowest BCUT2D eigenvalue weighted by Gasteiger charge is -2.07. The predicted molar refractivity (Wildman–Crippen MR) is 35.7 cm³/mol. The van der Waals surface area contributed by atoms with E-state index in [1.165, 1.54) is 13.0 Å². The van der Waals surface area contributed by atoms with Crippen molar-refractivity contribution in [1.82, 2.24) is 4.90 Å². The van der Waals surface area contributed by atoms with Gasteiger partial charge in [-0.15, -0.1) is 0 Å². The highest BCUT2D eigenvalue weighted by atomic mass is 16.6. The van der Waals surface area contributed by atoms with Crippen LogP contribution in [0.25, 0.3) is 0 Å². The fourth-order valence-corrected chi connectivity index (χ4v) is 1.30. The molecule has 0 bridgehead atoms. The minimum atomic E-state index is 0.667. The van der Waals surface area contributed by atoms with Gasteiger partial charge >= 0.3 is 0 Å². The summed E-state index contributed by atoms with van der Waals surface area (Å²) in [5, 5.41) is 0. The van der Waals surface area contributed by atoms with Crippen LogP contribution in [-0.2, 0) is 4.84 Å². The molecule has 1 atom stereocenters. The van der Waals surface area contributed by atoms with Gasteiger partial charge in [0, 0.05) is 6.54 Å². The molecule has 0 aromatic carbocycles. The van der Waals surface area contributed by atoms with Crippen LogP contribution in [0.1, 0.15) is 6.42 Å². The fraction of sp³-hybridized carbons (Fsp3) is 1.00. The van der Waals surface area contributed by atoms with E-state index in [9.17, 15) is 0 Å². The molecular formula is C6H14N2O. The molecule has 0 radical (unpaired) electrons. The average Bonchev–Trinajstić information content (AvgIpc) is 2.17. The van der Waals surface area contributed by atoms with Crippen LogP contribution in [0.5, 0.6) is 0 Å². The van der Waals surface area contributed by atoms with Gasteiger partial charge in [0.05, 0.1) is 6.61 Å². The molecule has 0 aliphatic carbocycles. The standard InChI is InChI=1S/C6H14N2O/c1-8-3-2-6(4-8)5-9-7/h6H,2-5,7H2,1H3/t6-/m0/s1. The highest BCUT2D eigenvalue weighted by Gasteiger charge is 2.18. The summed E-state index contributed by atoms with van der Waals surface area (Å²) >= 11 is 0. The maximum atomic E-state index is 4.94. The summed E-state index contributed by atoms with van der Waals surface area (Å²) in [6.07, 6.45) is 1.23. The van der Waals surface area contributed by atoms with Gasteiger partial charge in [0.1, 0.15) is 0 Å². The van der Waals surface area contributed by atoms with E-state index in [0.717, 1.165) is 6.54 Å². The molecule has 0 amide bonds. The quantitative estimate of drug-likeness (QED) is 0.527. The first-order valence-corrected chi connectivity index (χ1v) is 3.33. The maximum absolute atomic E-state index is 4.94. The first kappa shape index (κ1) is 6.99. The molecule has 1 rings (SSSR count). The Morgan fingerprint density at radius 2 is 2.56 bits per heavy atom. The lowest BCUT2D eigenvalue weighted by atomic mass is 10.1. The Balaban J connectivity index is 2.14. The molecule has 0 spiro atoms. The van der Waals surface area contributed by atoms with Gasteiger partial charge in [0.15, 0.2) is 0 Å². The fourth-order valence-electron chi connectivity index (χ4n) is 1.30. The van der Waals surface area contributed by atoms with E-state index in [-0.39, 0.29) is 0 Å². The molecule has 1 saturated heterocycles. The highest BCUT2D eigenvalue weighted by molar-refractivity contribution is 4.71. The van der Waals surface area contributed by atoms with Crippen molar-refractivity contribution in [3.05, 3.63) is 0 Å². The SMILES string of the molecule is CN1CC[C@H](CON)C1. The van der Waals surface area contributed by atoms with E-state index in [4.69, 9.17) is 5.90 Å². The van der Waals surface area contributed by atoms with Crippen LogP contribution in [0.3, 0.4) is 0 Å². The lowest BCUT2D eigenvalue weighted by Crippen LogP contribution is -2.18. The van der Waals surface area contributed by atoms with Crippen LogP contribution in [0, 0.1) is 5.92 Å². The van der Waals surface area contributed by atoms with Gasteiger partial charge in [-0.3, -0.25) is 0 Å². The van der Waals surface area contributed by atoms with E-state index in [2.05, 4.69) is 16.8 Å². The van der Waals surface area contributed by atoms with Gasteiger partial charge in [-0.2, -0.15) is 0 Å². The van der Waals surface area contributed by atoms with Gasteiger partial charge < -0.3 is 9.74 Å². The first-order chi connectivity index (χ1) is 4.33. The molecule has 54 valence electrons. The highest BCUT2D eigenvalue weighted by Crippen LogP contribution is 2.13. The second-order valence-corrected chi connectivity index (χ2v) is 2.75. The zero-order chi connectivity index (χ0) is 6.69. The molecule has 3 nitrogen and oxygen atoms in total. The van der Waals surface area contributed by atoms with Gasteiger partial charge in [0.2, 0.25) is 0 Å². The van der Waals surface area contributed by atoms with Crippen LogP contribution in [0.15, 0.2) is 0 Å². The Labute approximate surface area is 55.7 Å². The summed E-state index contributed by atoms with van der Waals surface area (Å²) in [6.45, 7) is 3.04. The largest absolute Gasteiger partial charge is 0.306 e. The Bertz CT molecular complexity index is 85.1. The molecule has 1 aliphatic rings. The Morgan fingerprint density at radius 1 is 1.78 bits per heavy atom. The normalized spacial score (nSPS) is 29.3. The van der Waals surface area contributed by atoms with Crippen molar-refractivity contribution in [2.75, 3.05) is 26.7 Å². The third-order valence-electron chi connectivity index (χ3n) is 1.82. The first-order valence-electron chi connectivity index (χ1n) is 3.33. The maximum Gasteiger partial charge on any atom is 0.0720 e. The van der Waals surface area contributed by atoms with Crippen molar-refractivity contribution >= 4 is 0 Å². The van der Waals surface area contributed by atoms with E-state index >= 15 is 0 Å². The number of nitrogens with two attached hydrogens (primary N) is 1. The summed E-state index contributed by atoms with van der Waals surface area (Å²) < 4.78 is 0. The van der Waals surface area contributed by atoms with E-state index in [1.807, 2.05) is 0 Å². The summed E-state index contributed by atoms with van der Waals surface area (Å²) in [4.78, 5) is 6.84. The molecule has 0 aromatic heterocycles. The molecule has 9 heavy (non-hydrogen) atoms. The average molecular weight is 130 g/mol. The van der Waals surface area contributed by atoms with Crippen molar-refractivity contribution in [2.45, 2.75) is 6.42 Å². The molecular weight excluding hydrogens is 116 g/mol. The summed E-state index contributed by atoms with van der Waals surface area (Å²) in [7, 11) is 2.12. The monoisotopic (exact) mass is 130 g/mol. The van der Waals surface area contributed by atoms with Gasteiger partial charge in [-0.05, 0) is 25.9 Å². The number of nitrogens with zero attached hydrogens (tertiary/aromatic N) is 1. The Hall–Kier alpha value is -0.120. The molecule has 2 N–H and O–H groups in total. The number of hydrogen-bond acceptors (Lipinski definition) is 3. The van der Waals surface area contributed by atoms with Crippen molar-refractivity contribution < 1.29 is 4.84 Å². The van der Waals surface area contributed by atoms with E-state index in [1.54, 1.807) is 0 Å². The smallest absolute Gasteiger partial charge is 0.0720 e. The van der Waals surface area contributed by atoms with Crippen molar-refractivity contribution in [3.8, 4) is 0 Å². The molecule has 3 heteroatoms. The zero-order valence-electron chi connectivity index (χ0n) is 5.84. The van der Waals surface area contributed by atoms with Crippen LogP contribution >= 0.6 is 0 Å². The van der Waals surface area contributed by atoms with Gasteiger partial charge in [-0.1, -0.05) is 0 Å². The Kier molecular flexibility index (Phi) is 2.45. The van der Waals surface area contributed by atoms with Crippen LogP contribution in [-0.4, -0.2) is 31.6 Å².